The van der Waals surface area contributed by atoms with Gasteiger partial charge in [-0.15, -0.1) is 0 Å². The molecule has 4 heteroatoms. The monoisotopic (exact) mass is 539 g/mol. The van der Waals surface area contributed by atoms with Crippen LogP contribution in [0.3, 0.4) is 0 Å². The lowest BCUT2D eigenvalue weighted by Crippen LogP contribution is -2.47. The molecule has 0 radical (unpaired) electrons. The van der Waals surface area contributed by atoms with Crippen LogP contribution in [0.2, 0.25) is 0 Å². The maximum atomic E-state index is 5.12. The van der Waals surface area contributed by atoms with Crippen molar-refractivity contribution in [3.8, 4) is 0 Å². The van der Waals surface area contributed by atoms with E-state index in [0.29, 0.717) is 0 Å². The second-order valence-corrected chi connectivity index (χ2v) is 12.2. The Kier molecular flexibility index (Phi) is 36.7. The zero-order chi connectivity index (χ0) is 27.5. The Balaban J connectivity index is 3.01. The molecule has 0 fully saturated rings. The minimum Gasteiger partial charge on any atom is -0.257 e. The van der Waals surface area contributed by atoms with Crippen molar-refractivity contribution in [2.75, 3.05) is 6.54 Å². The Morgan fingerprint density at radius 2 is 0.526 bits per heavy atom. The van der Waals surface area contributed by atoms with Crippen LogP contribution in [0, 0.1) is 0 Å². The summed E-state index contributed by atoms with van der Waals surface area (Å²) in [7, 11) is 0. The summed E-state index contributed by atoms with van der Waals surface area (Å²) < 4.78 is 0. The van der Waals surface area contributed by atoms with E-state index >= 15 is 0 Å². The first kappa shape index (κ1) is 37.8. The molecular weight excluding hydrogens is 464 g/mol. The van der Waals surface area contributed by atoms with E-state index < -0.39 is 0 Å². The van der Waals surface area contributed by atoms with Crippen molar-refractivity contribution in [2.45, 2.75) is 212 Å². The molecule has 0 aromatic heterocycles. The van der Waals surface area contributed by atoms with Crippen LogP contribution in [0.5, 0.6) is 0 Å². The van der Waals surface area contributed by atoms with Gasteiger partial charge in [-0.05, 0) is 6.42 Å². The van der Waals surface area contributed by atoms with E-state index in [1.165, 1.54) is 205 Å². The van der Waals surface area contributed by atoms with Crippen molar-refractivity contribution in [3.63, 3.8) is 0 Å². The van der Waals surface area contributed by atoms with Gasteiger partial charge in [-0.25, -0.2) is 5.43 Å². The van der Waals surface area contributed by atoms with E-state index in [-0.39, 0.29) is 0 Å². The van der Waals surface area contributed by atoms with Crippen molar-refractivity contribution >= 4 is 0 Å². The zero-order valence-electron chi connectivity index (χ0n) is 26.4. The highest BCUT2D eigenvalue weighted by Gasteiger charge is 1.97. The maximum absolute atomic E-state index is 5.12. The zero-order valence-corrected chi connectivity index (χ0v) is 26.4. The van der Waals surface area contributed by atoms with Crippen LogP contribution in [-0.4, -0.2) is 6.54 Å². The van der Waals surface area contributed by atoms with Crippen molar-refractivity contribution < 1.29 is 0 Å². The number of hydrogen-bond acceptors (Lipinski definition) is 4. The van der Waals surface area contributed by atoms with Gasteiger partial charge in [0.25, 0.3) is 0 Å². The molecule has 0 rings (SSSR count). The normalized spacial score (nSPS) is 11.5. The van der Waals surface area contributed by atoms with Gasteiger partial charge < -0.3 is 0 Å². The molecule has 0 aromatic carbocycles. The standard InChI is InChI=1S/C34H74N4/c1-2-3-4-5-6-7-8-9-10-11-12-13-14-15-16-17-18-19-20-21-22-23-24-25-26-27-28-29-30-31-32-33-34-36-38-37-35/h36-38H,2-35H2,1H3. The van der Waals surface area contributed by atoms with Crippen LogP contribution in [0.25, 0.3) is 0 Å². The predicted octanol–water partition coefficient (Wildman–Crippen LogP) is 11.0. The summed E-state index contributed by atoms with van der Waals surface area (Å²) in [6.07, 6.45) is 46.5. The van der Waals surface area contributed by atoms with E-state index in [4.69, 9.17) is 5.84 Å². The molecule has 0 aliphatic carbocycles. The molecule has 0 saturated carbocycles. The first-order valence-electron chi connectivity index (χ1n) is 17.8. The van der Waals surface area contributed by atoms with E-state index in [1.54, 1.807) is 0 Å². The molecule has 5 N–H and O–H groups in total. The molecule has 0 spiro atoms. The molecule has 4 nitrogen and oxygen atoms in total. The first-order valence-corrected chi connectivity index (χ1v) is 17.8. The summed E-state index contributed by atoms with van der Waals surface area (Å²) in [5, 5.41) is 0. The van der Waals surface area contributed by atoms with Crippen LogP contribution in [-0.2, 0) is 0 Å². The fourth-order valence-corrected chi connectivity index (χ4v) is 5.70. The molecule has 0 amide bonds. The third kappa shape index (κ3) is 35.8. The van der Waals surface area contributed by atoms with Gasteiger partial charge in [0.2, 0.25) is 0 Å². The Hall–Kier alpha value is -0.160. The lowest BCUT2D eigenvalue weighted by molar-refractivity contribution is 0.431. The third-order valence-electron chi connectivity index (χ3n) is 8.32. The summed E-state index contributed by atoms with van der Waals surface area (Å²) >= 11 is 0. The molecule has 0 unspecified atom stereocenters. The average molecular weight is 539 g/mol. The molecule has 0 heterocycles. The highest BCUT2D eigenvalue weighted by atomic mass is 15.7. The van der Waals surface area contributed by atoms with Gasteiger partial charge in [0.1, 0.15) is 0 Å². The lowest BCUT2D eigenvalue weighted by Gasteiger charge is -2.05. The highest BCUT2D eigenvalue weighted by Crippen LogP contribution is 2.16. The molecule has 0 bridgehead atoms. The fraction of sp³-hybridized carbons (Fsp3) is 1.00. The second-order valence-electron chi connectivity index (χ2n) is 12.2. The smallest absolute Gasteiger partial charge is 0.0113 e. The van der Waals surface area contributed by atoms with E-state index in [9.17, 15) is 0 Å². The molecule has 0 saturated heterocycles. The molecular formula is C34H74N4. The third-order valence-corrected chi connectivity index (χ3v) is 8.32. The van der Waals surface area contributed by atoms with Gasteiger partial charge in [0.15, 0.2) is 0 Å². The molecule has 38 heavy (non-hydrogen) atoms. The van der Waals surface area contributed by atoms with Gasteiger partial charge >= 0.3 is 0 Å². The van der Waals surface area contributed by atoms with Crippen LogP contribution in [0.4, 0.5) is 0 Å². The highest BCUT2D eigenvalue weighted by molar-refractivity contribution is 4.53. The van der Waals surface area contributed by atoms with E-state index in [0.717, 1.165) is 6.54 Å². The van der Waals surface area contributed by atoms with Crippen LogP contribution in [0.15, 0.2) is 0 Å². The summed E-state index contributed by atoms with van der Waals surface area (Å²) in [5.74, 6) is 5.12. The summed E-state index contributed by atoms with van der Waals surface area (Å²) in [6.45, 7) is 3.28. The predicted molar refractivity (Wildman–Crippen MR) is 172 cm³/mol. The Bertz CT molecular complexity index is 355. The van der Waals surface area contributed by atoms with Crippen LogP contribution >= 0.6 is 0 Å². The number of hydrogen-bond donors (Lipinski definition) is 4. The number of unbranched alkanes of at least 4 members (excludes halogenated alkanes) is 31. The van der Waals surface area contributed by atoms with Crippen LogP contribution < -0.4 is 22.3 Å². The Labute approximate surface area is 241 Å². The van der Waals surface area contributed by atoms with Gasteiger partial charge in [0, 0.05) is 6.54 Å². The van der Waals surface area contributed by atoms with Gasteiger partial charge in [-0.2, -0.15) is 11.1 Å². The maximum Gasteiger partial charge on any atom is 0.0113 e. The van der Waals surface area contributed by atoms with Gasteiger partial charge in [-0.1, -0.05) is 206 Å². The minimum atomic E-state index is 0.976. The topological polar surface area (TPSA) is 62.1 Å². The second kappa shape index (κ2) is 36.8. The first-order chi connectivity index (χ1) is 18.9. The number of nitrogens with two attached hydrogens (primary N) is 1. The summed E-state index contributed by atoms with van der Waals surface area (Å²) in [6, 6.07) is 0. The Morgan fingerprint density at radius 3 is 0.737 bits per heavy atom. The van der Waals surface area contributed by atoms with Crippen molar-refractivity contribution in [3.05, 3.63) is 0 Å². The molecule has 230 valence electrons. The van der Waals surface area contributed by atoms with Gasteiger partial charge in [-0.3, -0.25) is 5.84 Å². The van der Waals surface area contributed by atoms with Crippen molar-refractivity contribution in [1.82, 2.24) is 16.5 Å². The quantitative estimate of drug-likeness (QED) is 0.0368. The molecule has 0 aliphatic rings. The number of hydrazine groups is 3. The molecule has 0 atom stereocenters. The van der Waals surface area contributed by atoms with Crippen molar-refractivity contribution in [2.24, 2.45) is 5.84 Å². The van der Waals surface area contributed by atoms with E-state index in [2.05, 4.69) is 23.4 Å². The molecule has 0 aromatic rings. The van der Waals surface area contributed by atoms with Gasteiger partial charge in [0.05, 0.1) is 0 Å². The Morgan fingerprint density at radius 1 is 0.316 bits per heavy atom. The SMILES string of the molecule is CCCCCCCCCCCCCCCCCCCCCCCCCCCCCCCCCCNNNN. The average Bonchev–Trinajstić information content (AvgIpc) is 2.93. The van der Waals surface area contributed by atoms with E-state index in [1.807, 2.05) is 0 Å². The number of rotatable bonds is 35. The summed E-state index contributed by atoms with van der Waals surface area (Å²) in [5.41, 5.74) is 8.10. The lowest BCUT2D eigenvalue weighted by atomic mass is 10.0. The molecule has 0 aliphatic heterocycles. The summed E-state index contributed by atoms with van der Waals surface area (Å²) in [4.78, 5) is 0. The minimum absolute atomic E-state index is 0.976. The van der Waals surface area contributed by atoms with Crippen molar-refractivity contribution in [1.29, 1.82) is 0 Å². The number of nitrogens with one attached hydrogen (secondary N) is 3. The largest absolute Gasteiger partial charge is 0.257 e. The fourth-order valence-electron chi connectivity index (χ4n) is 5.70. The van der Waals surface area contributed by atoms with Crippen LogP contribution in [0.1, 0.15) is 212 Å².